The number of nitrogens with one attached hydrogen (secondary N) is 1. The number of Topliss-reactive ketones (excluding diaryl/α,β-unsaturated/α-hetero) is 1. The lowest BCUT2D eigenvalue weighted by Crippen LogP contribution is -2.43. The van der Waals surface area contributed by atoms with E-state index in [9.17, 15) is 9.59 Å². The maximum atomic E-state index is 11.6. The summed E-state index contributed by atoms with van der Waals surface area (Å²) in [5.41, 5.74) is -0.0367. The molecule has 0 bridgehead atoms. The van der Waals surface area contributed by atoms with Gasteiger partial charge in [-0.1, -0.05) is 31.4 Å². The Balaban J connectivity index is 4.90. The molecule has 0 aromatic rings. The molecule has 0 aliphatic carbocycles. The third kappa shape index (κ3) is 6.03. The van der Waals surface area contributed by atoms with Crippen LogP contribution in [0.15, 0.2) is 37.0 Å². The molecule has 0 saturated heterocycles. The number of ether oxygens (including phenoxy) is 1. The largest absolute Gasteiger partial charge is 0.444 e. The van der Waals surface area contributed by atoms with Crippen molar-refractivity contribution in [1.82, 2.24) is 5.32 Å². The van der Waals surface area contributed by atoms with Gasteiger partial charge in [-0.25, -0.2) is 4.79 Å². The molecule has 0 aromatic heterocycles. The summed E-state index contributed by atoms with van der Waals surface area (Å²) in [6, 6.07) is -0.768. The second-order valence-electron chi connectivity index (χ2n) is 4.80. The van der Waals surface area contributed by atoms with Crippen LogP contribution in [0.1, 0.15) is 27.7 Å². The van der Waals surface area contributed by atoms with Gasteiger partial charge in [0.2, 0.25) is 0 Å². The van der Waals surface area contributed by atoms with Gasteiger partial charge in [-0.2, -0.15) is 0 Å². The van der Waals surface area contributed by atoms with Crippen LogP contribution >= 0.6 is 0 Å². The summed E-state index contributed by atoms with van der Waals surface area (Å²) in [5.74, 6) is -0.200. The van der Waals surface area contributed by atoms with E-state index in [0.717, 1.165) is 0 Å². The quantitative estimate of drug-likeness (QED) is 0.764. The van der Waals surface area contributed by atoms with Crippen LogP contribution in [-0.2, 0) is 9.53 Å². The van der Waals surface area contributed by atoms with Crippen molar-refractivity contribution in [3.05, 3.63) is 37.0 Å². The highest BCUT2D eigenvalue weighted by Gasteiger charge is 2.23. The van der Waals surface area contributed by atoms with E-state index in [-0.39, 0.29) is 5.78 Å². The number of carbonyl (C=O) groups excluding carboxylic acids is 2. The summed E-state index contributed by atoms with van der Waals surface area (Å²) in [6.45, 7) is 13.8. The summed E-state index contributed by atoms with van der Waals surface area (Å²) in [5, 5.41) is 2.51. The first-order valence-corrected chi connectivity index (χ1v) is 5.66. The van der Waals surface area contributed by atoms with Crippen LogP contribution in [0.2, 0.25) is 0 Å². The third-order valence-electron chi connectivity index (χ3n) is 1.95. The second kappa shape index (κ2) is 6.79. The van der Waals surface area contributed by atoms with Crippen molar-refractivity contribution >= 4 is 11.9 Å². The Kier molecular flexibility index (Phi) is 6.09. The minimum absolute atomic E-state index is 0.200. The fraction of sp³-hybridized carbons (Fsp3) is 0.429. The Hall–Kier alpha value is -1.84. The molecule has 0 aromatic carbocycles. The fourth-order valence-corrected chi connectivity index (χ4v) is 1.26. The molecule has 1 atom stereocenters. The lowest BCUT2D eigenvalue weighted by Gasteiger charge is -2.23. The number of alkyl carbamates (subject to hydrolysis) is 1. The van der Waals surface area contributed by atoms with Crippen LogP contribution in [0.5, 0.6) is 0 Å². The fourth-order valence-electron chi connectivity index (χ4n) is 1.26. The van der Waals surface area contributed by atoms with Gasteiger partial charge in [0.15, 0.2) is 5.78 Å². The van der Waals surface area contributed by atoms with Crippen LogP contribution in [0.4, 0.5) is 4.79 Å². The molecule has 0 heterocycles. The van der Waals surface area contributed by atoms with Crippen LogP contribution < -0.4 is 5.32 Å². The Morgan fingerprint density at radius 2 is 1.83 bits per heavy atom. The van der Waals surface area contributed by atoms with Gasteiger partial charge in [0.25, 0.3) is 0 Å². The molecule has 0 rings (SSSR count). The molecule has 100 valence electrons. The molecule has 1 amide bonds. The summed E-state index contributed by atoms with van der Waals surface area (Å²) < 4.78 is 5.10. The minimum atomic E-state index is -0.768. The van der Waals surface area contributed by atoms with E-state index >= 15 is 0 Å². The predicted molar refractivity (Wildman–Crippen MR) is 72.3 cm³/mol. The first kappa shape index (κ1) is 16.2. The zero-order valence-corrected chi connectivity index (χ0v) is 11.4. The highest BCUT2D eigenvalue weighted by atomic mass is 16.6. The number of allylic oxidation sites excluding steroid dienone is 2. The standard InChI is InChI=1S/C14H21NO3/c1-7-9-11(8-2)12(10(3)16)15-13(17)18-14(4,5)6/h7-9,12H,1-2H2,3-6H3,(H,15,17)/b11-9+. The van der Waals surface area contributed by atoms with Crippen molar-refractivity contribution in [2.75, 3.05) is 0 Å². The molecule has 1 unspecified atom stereocenters. The van der Waals surface area contributed by atoms with Crippen molar-refractivity contribution in [2.24, 2.45) is 0 Å². The molecule has 0 radical (unpaired) electrons. The van der Waals surface area contributed by atoms with Crippen LogP contribution in [0.25, 0.3) is 0 Å². The van der Waals surface area contributed by atoms with Crippen LogP contribution in [0.3, 0.4) is 0 Å². The molecule has 4 nitrogen and oxygen atoms in total. The van der Waals surface area contributed by atoms with Gasteiger partial charge in [0.05, 0.1) is 0 Å². The zero-order valence-electron chi connectivity index (χ0n) is 11.4. The molecule has 0 aliphatic rings. The molecule has 0 aliphatic heterocycles. The number of carbonyl (C=O) groups is 2. The summed E-state index contributed by atoms with van der Waals surface area (Å²) in [7, 11) is 0. The Bertz CT molecular complexity index is 375. The van der Waals surface area contributed by atoms with Crippen molar-refractivity contribution in [1.29, 1.82) is 0 Å². The molecular formula is C14H21NO3. The number of hydrogen-bond donors (Lipinski definition) is 1. The van der Waals surface area contributed by atoms with Crippen LogP contribution in [-0.4, -0.2) is 23.5 Å². The second-order valence-corrected chi connectivity index (χ2v) is 4.80. The maximum absolute atomic E-state index is 11.6. The molecule has 4 heteroatoms. The first-order valence-electron chi connectivity index (χ1n) is 5.66. The Morgan fingerprint density at radius 3 is 2.17 bits per heavy atom. The molecule has 0 saturated carbocycles. The number of rotatable bonds is 5. The summed E-state index contributed by atoms with van der Waals surface area (Å²) >= 11 is 0. The van der Waals surface area contributed by atoms with E-state index in [4.69, 9.17) is 4.74 Å². The van der Waals surface area contributed by atoms with Crippen molar-refractivity contribution < 1.29 is 14.3 Å². The SMILES string of the molecule is C=C/C=C(\C=C)C(NC(=O)OC(C)(C)C)C(C)=O. The number of amides is 1. The van der Waals surface area contributed by atoms with Crippen molar-refractivity contribution in [3.63, 3.8) is 0 Å². The van der Waals surface area contributed by atoms with Crippen molar-refractivity contribution in [2.45, 2.75) is 39.3 Å². The molecule has 0 spiro atoms. The Morgan fingerprint density at radius 1 is 1.28 bits per heavy atom. The van der Waals surface area contributed by atoms with E-state index in [1.165, 1.54) is 19.1 Å². The summed E-state index contributed by atoms with van der Waals surface area (Å²) in [4.78, 5) is 23.2. The van der Waals surface area contributed by atoms with Gasteiger partial charge in [0, 0.05) is 0 Å². The lowest BCUT2D eigenvalue weighted by atomic mass is 10.0. The van der Waals surface area contributed by atoms with Crippen LogP contribution in [0, 0.1) is 0 Å². The molecule has 18 heavy (non-hydrogen) atoms. The van der Waals surface area contributed by atoms with E-state index in [0.29, 0.717) is 5.57 Å². The minimum Gasteiger partial charge on any atom is -0.444 e. The molecule has 0 fully saturated rings. The Labute approximate surface area is 108 Å². The highest BCUT2D eigenvalue weighted by molar-refractivity contribution is 5.89. The molecule has 1 N–H and O–H groups in total. The summed E-state index contributed by atoms with van der Waals surface area (Å²) in [6.07, 6.45) is 4.02. The van der Waals surface area contributed by atoms with E-state index in [2.05, 4.69) is 18.5 Å². The van der Waals surface area contributed by atoms with Gasteiger partial charge in [-0.3, -0.25) is 4.79 Å². The average molecular weight is 251 g/mol. The van der Waals surface area contributed by atoms with Gasteiger partial charge >= 0.3 is 6.09 Å². The van der Waals surface area contributed by atoms with E-state index < -0.39 is 17.7 Å². The number of ketones is 1. The number of hydrogen-bond acceptors (Lipinski definition) is 3. The first-order chi connectivity index (χ1) is 8.21. The average Bonchev–Trinajstić information content (AvgIpc) is 2.20. The topological polar surface area (TPSA) is 55.4 Å². The highest BCUT2D eigenvalue weighted by Crippen LogP contribution is 2.10. The maximum Gasteiger partial charge on any atom is 0.408 e. The normalized spacial score (nSPS) is 13.4. The van der Waals surface area contributed by atoms with Gasteiger partial charge in [0.1, 0.15) is 11.6 Å². The predicted octanol–water partition coefficient (Wildman–Crippen LogP) is 2.77. The lowest BCUT2D eigenvalue weighted by molar-refractivity contribution is -0.118. The van der Waals surface area contributed by atoms with Gasteiger partial charge in [-0.05, 0) is 33.3 Å². The van der Waals surface area contributed by atoms with Gasteiger partial charge < -0.3 is 10.1 Å². The van der Waals surface area contributed by atoms with Crippen molar-refractivity contribution in [3.8, 4) is 0 Å². The zero-order chi connectivity index (χ0) is 14.3. The smallest absolute Gasteiger partial charge is 0.408 e. The monoisotopic (exact) mass is 251 g/mol. The molecular weight excluding hydrogens is 230 g/mol. The van der Waals surface area contributed by atoms with Gasteiger partial charge in [-0.15, -0.1) is 0 Å². The van der Waals surface area contributed by atoms with E-state index in [1.807, 2.05) is 0 Å². The van der Waals surface area contributed by atoms with E-state index in [1.54, 1.807) is 26.8 Å². The third-order valence-corrected chi connectivity index (χ3v) is 1.95.